The average molecular weight is 242 g/mol. The van der Waals surface area contributed by atoms with Crippen molar-refractivity contribution in [2.45, 2.75) is 6.10 Å². The largest absolute Gasteiger partial charge is 0.459 e. The second kappa shape index (κ2) is 5.20. The molecule has 16 heavy (non-hydrogen) atoms. The van der Waals surface area contributed by atoms with Crippen LogP contribution < -0.4 is 0 Å². The minimum atomic E-state index is -1.70. The quantitative estimate of drug-likeness (QED) is 0.735. The molecule has 0 radical (unpaired) electrons. The third-order valence-electron chi connectivity index (χ3n) is 1.97. The van der Waals surface area contributed by atoms with Crippen LogP contribution in [0.3, 0.4) is 0 Å². The zero-order valence-corrected chi connectivity index (χ0v) is 9.14. The summed E-state index contributed by atoms with van der Waals surface area (Å²) >= 11 is -1.70. The lowest BCUT2D eigenvalue weighted by molar-refractivity contribution is 0.0350. The van der Waals surface area contributed by atoms with Gasteiger partial charge >= 0.3 is 17.3 Å². The molecule has 1 unspecified atom stereocenters. The lowest BCUT2D eigenvalue weighted by Crippen LogP contribution is -2.20. The highest BCUT2D eigenvalue weighted by molar-refractivity contribution is 7.75. The number of rotatable bonds is 3. The Morgan fingerprint density at radius 2 is 2.19 bits per heavy atom. The molecule has 6 heteroatoms. The molecule has 1 heterocycles. The summed E-state index contributed by atoms with van der Waals surface area (Å²) in [5.41, 5.74) is 0.475. The Labute approximate surface area is 95.2 Å². The summed E-state index contributed by atoms with van der Waals surface area (Å²) in [5.74, 6) is -0.429. The molecule has 86 valence electrons. The first-order valence-corrected chi connectivity index (χ1v) is 5.70. The molecule has 2 atom stereocenters. The Kier molecular flexibility index (Phi) is 3.66. The van der Waals surface area contributed by atoms with E-state index in [0.29, 0.717) is 5.56 Å². The zero-order valence-electron chi connectivity index (χ0n) is 8.33. The van der Waals surface area contributed by atoms with E-state index in [9.17, 15) is 9.00 Å². The van der Waals surface area contributed by atoms with Gasteiger partial charge in [-0.15, -0.1) is 0 Å². The van der Waals surface area contributed by atoms with Gasteiger partial charge in [0.05, 0.1) is 12.2 Å². The number of carbonyl (C=O) groups excluding carboxylic acids is 1. The first-order chi connectivity index (χ1) is 7.75. The van der Waals surface area contributed by atoms with Gasteiger partial charge < -0.3 is 4.74 Å². The third-order valence-corrected chi connectivity index (χ3v) is 2.73. The van der Waals surface area contributed by atoms with Crippen LogP contribution in [0.5, 0.6) is 0 Å². The van der Waals surface area contributed by atoms with Crippen molar-refractivity contribution in [1.29, 1.82) is 0 Å². The summed E-state index contributed by atoms with van der Waals surface area (Å²) in [5, 5.41) is 0. The van der Waals surface area contributed by atoms with Gasteiger partial charge in [0.25, 0.3) is 0 Å². The Morgan fingerprint density at radius 3 is 2.81 bits per heavy atom. The van der Waals surface area contributed by atoms with Crippen LogP contribution in [0.25, 0.3) is 0 Å². The number of esters is 1. The van der Waals surface area contributed by atoms with Gasteiger partial charge in [0.2, 0.25) is 0 Å². The van der Waals surface area contributed by atoms with Crippen LogP contribution in [-0.2, 0) is 24.5 Å². The van der Waals surface area contributed by atoms with E-state index < -0.39 is 23.4 Å². The van der Waals surface area contributed by atoms with E-state index in [1.165, 1.54) is 0 Å². The number of ether oxygens (including phenoxy) is 1. The lowest BCUT2D eigenvalue weighted by atomic mass is 10.2. The van der Waals surface area contributed by atoms with E-state index in [1.807, 2.05) is 6.07 Å². The molecule has 5 nitrogen and oxygen atoms in total. The van der Waals surface area contributed by atoms with Crippen molar-refractivity contribution in [2.24, 2.45) is 0 Å². The molecule has 0 saturated carbocycles. The van der Waals surface area contributed by atoms with Gasteiger partial charge in [-0.3, -0.25) is 8.37 Å². The summed E-state index contributed by atoms with van der Waals surface area (Å²) in [6.07, 6.45) is -0.450. The highest BCUT2D eigenvalue weighted by atomic mass is 32.2. The molecule has 0 aromatic heterocycles. The van der Waals surface area contributed by atoms with Gasteiger partial charge in [-0.25, -0.2) is 4.79 Å². The molecule has 1 aromatic carbocycles. The van der Waals surface area contributed by atoms with E-state index in [2.05, 4.69) is 4.18 Å². The van der Waals surface area contributed by atoms with Crippen LogP contribution in [0.1, 0.15) is 10.4 Å². The van der Waals surface area contributed by atoms with Crippen molar-refractivity contribution in [3.63, 3.8) is 0 Å². The van der Waals surface area contributed by atoms with Crippen molar-refractivity contribution < 1.29 is 22.1 Å². The number of hydrogen-bond acceptors (Lipinski definition) is 5. The Morgan fingerprint density at radius 1 is 1.44 bits per heavy atom. The van der Waals surface area contributed by atoms with Gasteiger partial charge in [-0.1, -0.05) is 18.2 Å². The Hall–Kier alpha value is -1.24. The van der Waals surface area contributed by atoms with E-state index in [0.717, 1.165) is 0 Å². The summed E-state index contributed by atoms with van der Waals surface area (Å²) in [7, 11) is 0. The first kappa shape index (κ1) is 11.3. The van der Waals surface area contributed by atoms with Crippen molar-refractivity contribution in [3.05, 3.63) is 35.9 Å². The van der Waals surface area contributed by atoms with Gasteiger partial charge in [0, 0.05) is 0 Å². The van der Waals surface area contributed by atoms with Crippen LogP contribution in [0.2, 0.25) is 0 Å². The van der Waals surface area contributed by atoms with E-state index >= 15 is 0 Å². The first-order valence-electron chi connectivity index (χ1n) is 4.70. The molecular formula is C10H10O5S. The normalized spacial score (nSPS) is 24.2. The van der Waals surface area contributed by atoms with Gasteiger partial charge in [0.1, 0.15) is 12.7 Å². The van der Waals surface area contributed by atoms with E-state index in [1.54, 1.807) is 24.3 Å². The highest BCUT2D eigenvalue weighted by Crippen LogP contribution is 2.10. The van der Waals surface area contributed by atoms with Crippen LogP contribution >= 0.6 is 0 Å². The van der Waals surface area contributed by atoms with Gasteiger partial charge in [-0.05, 0) is 12.1 Å². The lowest BCUT2D eigenvalue weighted by Gasteiger charge is -2.07. The molecular weight excluding hydrogens is 232 g/mol. The molecule has 1 aromatic rings. The van der Waals surface area contributed by atoms with Crippen LogP contribution in [-0.4, -0.2) is 29.5 Å². The predicted molar refractivity (Wildman–Crippen MR) is 55.7 cm³/mol. The number of hydrogen-bond donors (Lipinski definition) is 0. The number of benzene rings is 1. The molecule has 1 fully saturated rings. The van der Waals surface area contributed by atoms with Crippen molar-refractivity contribution >= 4 is 17.3 Å². The topological polar surface area (TPSA) is 61.8 Å². The van der Waals surface area contributed by atoms with E-state index in [-0.39, 0.29) is 13.2 Å². The molecule has 2 rings (SSSR count). The van der Waals surface area contributed by atoms with Crippen molar-refractivity contribution in [2.75, 3.05) is 13.2 Å². The molecule has 1 aliphatic heterocycles. The predicted octanol–water partition coefficient (Wildman–Crippen LogP) is 0.838. The highest BCUT2D eigenvalue weighted by Gasteiger charge is 2.24. The molecule has 0 amide bonds. The van der Waals surface area contributed by atoms with Crippen molar-refractivity contribution in [1.82, 2.24) is 0 Å². The monoisotopic (exact) mass is 242 g/mol. The van der Waals surface area contributed by atoms with Crippen LogP contribution in [0.15, 0.2) is 30.3 Å². The summed E-state index contributed by atoms with van der Waals surface area (Å²) in [4.78, 5) is 11.5. The van der Waals surface area contributed by atoms with Gasteiger partial charge in [0.15, 0.2) is 0 Å². The third kappa shape index (κ3) is 2.88. The maximum Gasteiger partial charge on any atom is 0.338 e. The number of carbonyl (C=O) groups is 1. The van der Waals surface area contributed by atoms with E-state index in [4.69, 9.17) is 8.92 Å². The smallest absolute Gasteiger partial charge is 0.338 e. The average Bonchev–Trinajstić information content (AvgIpc) is 2.73. The molecule has 0 bridgehead atoms. The second-order valence-corrected chi connectivity index (χ2v) is 4.01. The molecule has 0 spiro atoms. The minimum absolute atomic E-state index is 0.0411. The molecule has 1 saturated heterocycles. The molecule has 0 N–H and O–H groups in total. The summed E-state index contributed by atoms with van der Waals surface area (Å²) in [6.45, 7) is 0.216. The van der Waals surface area contributed by atoms with Crippen LogP contribution in [0.4, 0.5) is 0 Å². The fourth-order valence-corrected chi connectivity index (χ4v) is 1.85. The Bertz CT molecular complexity index is 391. The standard InChI is InChI=1S/C10H10O5S/c11-10(8-4-2-1-3-5-8)13-6-9-7-14-16(12)15-9/h1-5,9H,6-7H2/t9-,16?/m0/s1. The fraction of sp³-hybridized carbons (Fsp3) is 0.300. The molecule has 1 aliphatic rings. The molecule has 0 aliphatic carbocycles. The van der Waals surface area contributed by atoms with Crippen molar-refractivity contribution in [3.8, 4) is 0 Å². The zero-order chi connectivity index (χ0) is 11.4. The summed E-state index contributed by atoms with van der Waals surface area (Å²) in [6, 6.07) is 8.63. The van der Waals surface area contributed by atoms with Gasteiger partial charge in [-0.2, -0.15) is 4.21 Å². The SMILES string of the molecule is O=C(OC[C@H]1COS(=O)O1)c1ccccc1. The fourth-order valence-electron chi connectivity index (χ4n) is 1.20. The second-order valence-electron chi connectivity index (χ2n) is 3.17. The Balaban J connectivity index is 1.82. The maximum absolute atomic E-state index is 11.5. The maximum atomic E-state index is 11.5. The van der Waals surface area contributed by atoms with Crippen LogP contribution in [0, 0.1) is 0 Å². The minimum Gasteiger partial charge on any atom is -0.459 e. The summed E-state index contributed by atoms with van der Waals surface area (Å²) < 4.78 is 25.2.